The van der Waals surface area contributed by atoms with Gasteiger partial charge in [-0.2, -0.15) is 0 Å². The van der Waals surface area contributed by atoms with Crippen LogP contribution in [0.3, 0.4) is 0 Å². The van der Waals surface area contributed by atoms with Gasteiger partial charge in [0.25, 0.3) is 0 Å². The average Bonchev–Trinajstić information content (AvgIpc) is 2.79. The molecule has 1 amide bonds. The van der Waals surface area contributed by atoms with E-state index >= 15 is 0 Å². The van der Waals surface area contributed by atoms with Crippen LogP contribution >= 0.6 is 0 Å². The molecule has 0 unspecified atom stereocenters. The first-order chi connectivity index (χ1) is 16.1. The van der Waals surface area contributed by atoms with E-state index in [0.717, 1.165) is 39.3 Å². The molecule has 7 heteroatoms. The van der Waals surface area contributed by atoms with Crippen molar-refractivity contribution < 1.29 is 24.2 Å². The van der Waals surface area contributed by atoms with Gasteiger partial charge in [0.1, 0.15) is 11.5 Å². The fraction of sp³-hybridized carbons (Fsp3) is 0.407. The Morgan fingerprint density at radius 3 is 2.15 bits per heavy atom. The van der Waals surface area contributed by atoms with E-state index in [1.54, 1.807) is 20.3 Å². The number of carbonyl (C=O) groups excluding carboxylic acids is 1. The number of aliphatic carboxylic acids is 1. The summed E-state index contributed by atoms with van der Waals surface area (Å²) in [6, 6.07) is 8.53. The summed E-state index contributed by atoms with van der Waals surface area (Å²) in [5, 5.41) is 14.9. The maximum atomic E-state index is 12.7. The van der Waals surface area contributed by atoms with Crippen LogP contribution in [0.4, 0.5) is 5.69 Å². The van der Waals surface area contributed by atoms with Crippen molar-refractivity contribution in [3.63, 3.8) is 0 Å². The molecule has 7 nitrogen and oxygen atoms in total. The second kappa shape index (κ2) is 12.1. The van der Waals surface area contributed by atoms with Gasteiger partial charge in [-0.25, -0.2) is 0 Å². The minimum atomic E-state index is -0.955. The van der Waals surface area contributed by atoms with Crippen molar-refractivity contribution in [2.45, 2.75) is 53.5 Å². The zero-order valence-corrected chi connectivity index (χ0v) is 21.2. The van der Waals surface area contributed by atoms with Gasteiger partial charge in [-0.3, -0.25) is 9.59 Å². The number of methoxy groups -OCH3 is 2. The molecule has 3 N–H and O–H groups in total. The molecule has 0 spiro atoms. The summed E-state index contributed by atoms with van der Waals surface area (Å²) >= 11 is 0. The molecule has 0 aromatic heterocycles. The maximum Gasteiger partial charge on any atom is 0.305 e. The van der Waals surface area contributed by atoms with Gasteiger partial charge < -0.3 is 25.2 Å². The lowest BCUT2D eigenvalue weighted by molar-refractivity contribution is -0.136. The van der Waals surface area contributed by atoms with Crippen molar-refractivity contribution in [2.75, 3.05) is 26.1 Å². The second-order valence-corrected chi connectivity index (χ2v) is 8.40. The summed E-state index contributed by atoms with van der Waals surface area (Å²) in [6.45, 7) is 10.1. The van der Waals surface area contributed by atoms with Crippen LogP contribution in [0.5, 0.6) is 11.5 Å². The average molecular weight is 469 g/mol. The van der Waals surface area contributed by atoms with E-state index in [2.05, 4.69) is 36.6 Å². The highest BCUT2D eigenvalue weighted by Crippen LogP contribution is 2.45. The van der Waals surface area contributed by atoms with Gasteiger partial charge in [-0.15, -0.1) is 0 Å². The van der Waals surface area contributed by atoms with Gasteiger partial charge in [-0.1, -0.05) is 19.1 Å². The molecule has 0 heterocycles. The first-order valence-electron chi connectivity index (χ1n) is 11.5. The molecule has 0 aliphatic heterocycles. The zero-order valence-electron chi connectivity index (χ0n) is 21.2. The summed E-state index contributed by atoms with van der Waals surface area (Å²) in [6.07, 6.45) is 2.16. The van der Waals surface area contributed by atoms with Crippen molar-refractivity contribution in [3.8, 4) is 22.6 Å². The third-order valence-electron chi connectivity index (χ3n) is 5.58. The van der Waals surface area contributed by atoms with Crippen molar-refractivity contribution in [1.82, 2.24) is 5.32 Å². The molecular formula is C27H36N2O5. The highest BCUT2D eigenvalue weighted by atomic mass is 16.5. The smallest absolute Gasteiger partial charge is 0.305 e. The fourth-order valence-corrected chi connectivity index (χ4v) is 3.97. The number of amides is 1. The number of carbonyl (C=O) groups is 2. The van der Waals surface area contributed by atoms with Crippen LogP contribution < -0.4 is 20.1 Å². The normalized spacial score (nSPS) is 11.4. The Bertz CT molecular complexity index is 1060. The Balaban J connectivity index is 2.57. The Morgan fingerprint density at radius 2 is 1.65 bits per heavy atom. The van der Waals surface area contributed by atoms with E-state index in [-0.39, 0.29) is 18.9 Å². The van der Waals surface area contributed by atoms with E-state index < -0.39 is 5.97 Å². The molecule has 0 fully saturated rings. The van der Waals surface area contributed by atoms with E-state index in [9.17, 15) is 9.59 Å². The molecule has 2 aromatic rings. The van der Waals surface area contributed by atoms with Gasteiger partial charge in [-0.05, 0) is 57.9 Å². The summed E-state index contributed by atoms with van der Waals surface area (Å²) in [5.41, 5.74) is 6.04. The minimum Gasteiger partial charge on any atom is -0.496 e. The van der Waals surface area contributed by atoms with Crippen molar-refractivity contribution in [1.29, 1.82) is 0 Å². The van der Waals surface area contributed by atoms with E-state index in [1.807, 2.05) is 32.9 Å². The molecule has 2 rings (SSSR count). The number of benzene rings is 2. The Morgan fingerprint density at radius 1 is 1.03 bits per heavy atom. The maximum absolute atomic E-state index is 12.7. The van der Waals surface area contributed by atoms with Crippen molar-refractivity contribution >= 4 is 23.6 Å². The largest absolute Gasteiger partial charge is 0.496 e. The first-order valence-corrected chi connectivity index (χ1v) is 11.5. The van der Waals surface area contributed by atoms with Crippen LogP contribution in [-0.2, 0) is 9.59 Å². The van der Waals surface area contributed by atoms with E-state index in [0.29, 0.717) is 23.8 Å². The fourth-order valence-electron chi connectivity index (χ4n) is 3.97. The number of carboxylic acids is 1. The molecule has 34 heavy (non-hydrogen) atoms. The lowest BCUT2D eigenvalue weighted by Crippen LogP contribution is -2.27. The number of hydrogen-bond donors (Lipinski definition) is 3. The molecule has 0 bridgehead atoms. The summed E-state index contributed by atoms with van der Waals surface area (Å²) in [7, 11) is 3.25. The predicted molar refractivity (Wildman–Crippen MR) is 137 cm³/mol. The number of nitrogens with one attached hydrogen (secondary N) is 2. The predicted octanol–water partition coefficient (Wildman–Crippen LogP) is 5.19. The third kappa shape index (κ3) is 6.31. The van der Waals surface area contributed by atoms with Crippen molar-refractivity contribution in [2.24, 2.45) is 0 Å². The molecule has 0 aliphatic carbocycles. The molecule has 0 saturated carbocycles. The minimum absolute atomic E-state index is 0.0740. The van der Waals surface area contributed by atoms with Crippen molar-refractivity contribution in [3.05, 3.63) is 46.5 Å². The Labute approximate surface area is 202 Å². The molecular weight excluding hydrogens is 432 g/mol. The van der Waals surface area contributed by atoms with Crippen LogP contribution in [-0.4, -0.2) is 43.8 Å². The van der Waals surface area contributed by atoms with E-state index in [4.69, 9.17) is 14.6 Å². The van der Waals surface area contributed by atoms with Crippen LogP contribution in [0.15, 0.2) is 29.8 Å². The highest BCUT2D eigenvalue weighted by molar-refractivity contribution is 5.99. The summed E-state index contributed by atoms with van der Waals surface area (Å²) < 4.78 is 11.7. The van der Waals surface area contributed by atoms with E-state index in [1.165, 1.54) is 0 Å². The SMILES string of the molecule is CC/C(=C\c1c(C)c(OC)c(-c2ccc(NC(C)C)cc2)c(C)c1OC)C(=O)NCCC(=O)O. The molecule has 0 aliphatic rings. The van der Waals surface area contributed by atoms with Gasteiger partial charge >= 0.3 is 5.97 Å². The number of carboxylic acid groups (broad SMARTS) is 1. The number of rotatable bonds is 11. The number of ether oxygens (including phenoxy) is 2. The summed E-state index contributed by atoms with van der Waals surface area (Å²) in [4.78, 5) is 23.4. The molecule has 0 radical (unpaired) electrons. The molecule has 0 saturated heterocycles. The molecule has 184 valence electrons. The van der Waals surface area contributed by atoms with Crippen LogP contribution in [0.2, 0.25) is 0 Å². The van der Waals surface area contributed by atoms with Crippen LogP contribution in [0.25, 0.3) is 17.2 Å². The topological polar surface area (TPSA) is 96.9 Å². The molecule has 2 aromatic carbocycles. The highest BCUT2D eigenvalue weighted by Gasteiger charge is 2.22. The standard InChI is InChI=1S/C27H36N2O5/c1-8-19(27(32)28-14-13-23(30)31)15-22-17(4)26(34-7)24(18(5)25(22)33-6)20-9-11-21(12-10-20)29-16(2)3/h9-12,15-16,29H,8,13-14H2,1-7H3,(H,28,32)(H,30,31)/b19-15+. The van der Waals surface area contributed by atoms with Crippen LogP contribution in [0.1, 0.15) is 50.3 Å². The molecule has 0 atom stereocenters. The quantitative estimate of drug-likeness (QED) is 0.393. The summed E-state index contributed by atoms with van der Waals surface area (Å²) in [5.74, 6) is 0.140. The Kier molecular flexibility index (Phi) is 9.54. The second-order valence-electron chi connectivity index (χ2n) is 8.40. The van der Waals surface area contributed by atoms with Crippen LogP contribution in [0, 0.1) is 13.8 Å². The monoisotopic (exact) mass is 468 g/mol. The van der Waals surface area contributed by atoms with Gasteiger partial charge in [0.2, 0.25) is 5.91 Å². The third-order valence-corrected chi connectivity index (χ3v) is 5.58. The Hall–Kier alpha value is -3.48. The van der Waals surface area contributed by atoms with Gasteiger partial charge in [0.15, 0.2) is 0 Å². The lowest BCUT2D eigenvalue weighted by Gasteiger charge is -2.22. The van der Waals surface area contributed by atoms with Gasteiger partial charge in [0, 0.05) is 46.1 Å². The number of anilines is 1. The lowest BCUT2D eigenvalue weighted by atomic mass is 9.90. The number of hydrogen-bond acceptors (Lipinski definition) is 5. The zero-order chi connectivity index (χ0) is 25.4. The first kappa shape index (κ1) is 26.8. The van der Waals surface area contributed by atoms with Gasteiger partial charge in [0.05, 0.1) is 20.6 Å².